The minimum atomic E-state index is 0.712. The number of aldehydes is 1. The molecule has 0 unspecified atom stereocenters. The molecule has 0 fully saturated rings. The molecule has 0 aliphatic carbocycles. The zero-order chi connectivity index (χ0) is 11.5. The van der Waals surface area contributed by atoms with Crippen molar-refractivity contribution in [1.82, 2.24) is 9.97 Å². The highest BCUT2D eigenvalue weighted by Crippen LogP contribution is 2.27. The van der Waals surface area contributed by atoms with Crippen LogP contribution < -0.4 is 0 Å². The monoisotopic (exact) mass is 216 g/mol. The van der Waals surface area contributed by atoms with E-state index in [9.17, 15) is 4.79 Å². The van der Waals surface area contributed by atoms with E-state index < -0.39 is 0 Å². The predicted molar refractivity (Wildman–Crippen MR) is 64.7 cm³/mol. The predicted octanol–water partition coefficient (Wildman–Crippen LogP) is 2.95. The Bertz CT molecular complexity index is 480. The fraction of sp³-hybridized carbons (Fsp3) is 0.308. The number of aromatic amines is 2. The van der Waals surface area contributed by atoms with Crippen LogP contribution in [0.3, 0.4) is 0 Å². The van der Waals surface area contributed by atoms with E-state index in [-0.39, 0.29) is 0 Å². The zero-order valence-corrected chi connectivity index (χ0v) is 9.63. The molecule has 2 rings (SSSR count). The number of rotatable bonds is 4. The first kappa shape index (κ1) is 10.7. The molecule has 0 saturated heterocycles. The van der Waals surface area contributed by atoms with E-state index in [1.165, 1.54) is 5.56 Å². The van der Waals surface area contributed by atoms with E-state index in [2.05, 4.69) is 23.8 Å². The molecule has 0 aliphatic rings. The summed E-state index contributed by atoms with van der Waals surface area (Å²) in [4.78, 5) is 17.4. The van der Waals surface area contributed by atoms with Gasteiger partial charge in [-0.1, -0.05) is 13.8 Å². The highest BCUT2D eigenvalue weighted by molar-refractivity contribution is 5.80. The molecule has 16 heavy (non-hydrogen) atoms. The molecule has 84 valence electrons. The van der Waals surface area contributed by atoms with Crippen LogP contribution in [0.4, 0.5) is 0 Å². The van der Waals surface area contributed by atoms with Crippen molar-refractivity contribution in [3.8, 4) is 11.4 Å². The average Bonchev–Trinajstić information content (AvgIpc) is 2.94. The van der Waals surface area contributed by atoms with Crippen molar-refractivity contribution in [1.29, 1.82) is 0 Å². The molecule has 0 atom stereocenters. The topological polar surface area (TPSA) is 48.6 Å². The minimum Gasteiger partial charge on any atom is -0.360 e. The maximum Gasteiger partial charge on any atom is 0.166 e. The molecule has 0 spiro atoms. The van der Waals surface area contributed by atoms with Gasteiger partial charge in [-0.25, -0.2) is 0 Å². The maximum absolute atomic E-state index is 11.0. The Labute approximate surface area is 94.9 Å². The van der Waals surface area contributed by atoms with E-state index in [1.807, 2.05) is 18.3 Å². The summed E-state index contributed by atoms with van der Waals surface area (Å²) in [7, 11) is 0. The van der Waals surface area contributed by atoms with Crippen molar-refractivity contribution in [2.75, 3.05) is 0 Å². The lowest BCUT2D eigenvalue weighted by atomic mass is 10.0. The Morgan fingerprint density at radius 1 is 1.25 bits per heavy atom. The van der Waals surface area contributed by atoms with Gasteiger partial charge in [0.2, 0.25) is 0 Å². The first-order valence-corrected chi connectivity index (χ1v) is 5.64. The van der Waals surface area contributed by atoms with Crippen molar-refractivity contribution in [2.24, 2.45) is 0 Å². The Kier molecular flexibility index (Phi) is 2.95. The summed E-state index contributed by atoms with van der Waals surface area (Å²) in [5.74, 6) is 0. The molecule has 3 nitrogen and oxygen atoms in total. The van der Waals surface area contributed by atoms with E-state index >= 15 is 0 Å². The van der Waals surface area contributed by atoms with Crippen LogP contribution in [-0.2, 0) is 12.8 Å². The highest BCUT2D eigenvalue weighted by atomic mass is 16.1. The van der Waals surface area contributed by atoms with Crippen molar-refractivity contribution < 1.29 is 4.79 Å². The van der Waals surface area contributed by atoms with Crippen LogP contribution in [0, 0.1) is 0 Å². The fourth-order valence-corrected chi connectivity index (χ4v) is 2.21. The summed E-state index contributed by atoms with van der Waals surface area (Å²) < 4.78 is 0. The normalized spacial score (nSPS) is 10.6. The summed E-state index contributed by atoms with van der Waals surface area (Å²) in [6.07, 6.45) is 4.61. The Balaban J connectivity index is 2.61. The molecule has 2 heterocycles. The minimum absolute atomic E-state index is 0.712. The van der Waals surface area contributed by atoms with Crippen molar-refractivity contribution >= 4 is 6.29 Å². The molecule has 0 bridgehead atoms. The van der Waals surface area contributed by atoms with E-state index in [1.54, 1.807) is 0 Å². The van der Waals surface area contributed by atoms with Crippen LogP contribution >= 0.6 is 0 Å². The molecule has 0 radical (unpaired) electrons. The quantitative estimate of drug-likeness (QED) is 0.758. The highest BCUT2D eigenvalue weighted by Gasteiger charge is 2.15. The van der Waals surface area contributed by atoms with Crippen LogP contribution in [-0.4, -0.2) is 16.3 Å². The van der Waals surface area contributed by atoms with Gasteiger partial charge in [0.15, 0.2) is 6.29 Å². The van der Waals surface area contributed by atoms with Gasteiger partial charge in [-0.2, -0.15) is 0 Å². The summed E-state index contributed by atoms with van der Waals surface area (Å²) in [5.41, 5.74) is 5.18. The third-order valence-corrected chi connectivity index (χ3v) is 2.94. The van der Waals surface area contributed by atoms with Crippen LogP contribution in [0.2, 0.25) is 0 Å². The second-order valence-electron chi connectivity index (χ2n) is 3.78. The average molecular weight is 216 g/mol. The van der Waals surface area contributed by atoms with Gasteiger partial charge < -0.3 is 9.97 Å². The van der Waals surface area contributed by atoms with Gasteiger partial charge in [0.05, 0.1) is 17.1 Å². The molecule has 2 aromatic rings. The summed E-state index contributed by atoms with van der Waals surface area (Å²) in [5, 5.41) is 0. The van der Waals surface area contributed by atoms with Crippen molar-refractivity contribution in [3.63, 3.8) is 0 Å². The molecule has 3 heteroatoms. The molecule has 0 aromatic carbocycles. The van der Waals surface area contributed by atoms with Crippen molar-refractivity contribution in [3.05, 3.63) is 35.2 Å². The Hall–Kier alpha value is -1.77. The van der Waals surface area contributed by atoms with Gasteiger partial charge in [-0.05, 0) is 36.1 Å². The molecule has 2 aromatic heterocycles. The third-order valence-electron chi connectivity index (χ3n) is 2.94. The van der Waals surface area contributed by atoms with Crippen LogP contribution in [0.1, 0.15) is 35.5 Å². The zero-order valence-electron chi connectivity index (χ0n) is 9.63. The molecule has 0 aliphatic heterocycles. The molecule has 2 N–H and O–H groups in total. The number of carbonyl (C=O) groups is 1. The number of hydrogen-bond acceptors (Lipinski definition) is 1. The van der Waals surface area contributed by atoms with Crippen LogP contribution in [0.15, 0.2) is 18.3 Å². The van der Waals surface area contributed by atoms with Crippen molar-refractivity contribution in [2.45, 2.75) is 26.7 Å². The number of aromatic nitrogens is 2. The lowest BCUT2D eigenvalue weighted by molar-refractivity contribution is 0.111. The Morgan fingerprint density at radius 3 is 2.50 bits per heavy atom. The lowest BCUT2D eigenvalue weighted by Crippen LogP contribution is -1.90. The first-order chi connectivity index (χ1) is 7.81. The Morgan fingerprint density at radius 2 is 2.00 bits per heavy atom. The smallest absolute Gasteiger partial charge is 0.166 e. The van der Waals surface area contributed by atoms with Gasteiger partial charge in [-0.3, -0.25) is 4.79 Å². The van der Waals surface area contributed by atoms with Gasteiger partial charge in [0.1, 0.15) is 0 Å². The largest absolute Gasteiger partial charge is 0.360 e. The summed E-state index contributed by atoms with van der Waals surface area (Å²) in [6.45, 7) is 4.19. The molecular weight excluding hydrogens is 200 g/mol. The molecule has 0 amide bonds. The maximum atomic E-state index is 11.0. The standard InChI is InChI=1S/C13H16N2O/c1-3-9-10(4-2)13(15-12(9)8-16)11-6-5-7-14-11/h5-8,14-15H,3-4H2,1-2H3. The number of carbonyl (C=O) groups excluding carboxylic acids is 1. The number of hydrogen-bond donors (Lipinski definition) is 2. The number of H-pyrrole nitrogens is 2. The molecule has 0 saturated carbocycles. The number of nitrogens with one attached hydrogen (secondary N) is 2. The first-order valence-electron chi connectivity index (χ1n) is 5.64. The van der Waals surface area contributed by atoms with Gasteiger partial charge in [0.25, 0.3) is 0 Å². The second-order valence-corrected chi connectivity index (χ2v) is 3.78. The van der Waals surface area contributed by atoms with Crippen LogP contribution in [0.25, 0.3) is 11.4 Å². The summed E-state index contributed by atoms with van der Waals surface area (Å²) >= 11 is 0. The second kappa shape index (κ2) is 4.39. The van der Waals surface area contributed by atoms with Gasteiger partial charge in [-0.15, -0.1) is 0 Å². The van der Waals surface area contributed by atoms with E-state index in [4.69, 9.17) is 0 Å². The van der Waals surface area contributed by atoms with Gasteiger partial charge in [0, 0.05) is 6.20 Å². The lowest BCUT2D eigenvalue weighted by Gasteiger charge is -2.01. The SMILES string of the molecule is CCc1c(C=O)[nH]c(-c2ccc[nH]2)c1CC. The summed E-state index contributed by atoms with van der Waals surface area (Å²) in [6, 6.07) is 3.97. The van der Waals surface area contributed by atoms with Gasteiger partial charge >= 0.3 is 0 Å². The third kappa shape index (κ3) is 1.58. The van der Waals surface area contributed by atoms with E-state index in [0.717, 1.165) is 36.1 Å². The van der Waals surface area contributed by atoms with E-state index in [0.29, 0.717) is 5.69 Å². The fourth-order valence-electron chi connectivity index (χ4n) is 2.21. The molecular formula is C13H16N2O. The van der Waals surface area contributed by atoms with Crippen LogP contribution in [0.5, 0.6) is 0 Å².